The highest BCUT2D eigenvalue weighted by Gasteiger charge is 2.33. The van der Waals surface area contributed by atoms with Crippen molar-refractivity contribution in [2.45, 2.75) is 11.8 Å². The van der Waals surface area contributed by atoms with E-state index in [2.05, 4.69) is 5.10 Å². The maximum atomic E-state index is 13.0. The lowest BCUT2D eigenvalue weighted by Gasteiger charge is -2.33. The second-order valence-electron chi connectivity index (χ2n) is 7.13. The van der Waals surface area contributed by atoms with Crippen LogP contribution in [0.25, 0.3) is 10.1 Å². The molecule has 10 nitrogen and oxygen atoms in total. The summed E-state index contributed by atoms with van der Waals surface area (Å²) in [6.45, 7) is 2.36. The number of rotatable bonds is 4. The minimum Gasteiger partial charge on any atom is -0.335 e. The number of aromatic nitrogens is 2. The molecule has 3 heterocycles. The third kappa shape index (κ3) is 3.80. The first-order valence-electron chi connectivity index (χ1n) is 9.25. The fourth-order valence-corrected chi connectivity index (χ4v) is 6.69. The van der Waals surface area contributed by atoms with Crippen LogP contribution >= 0.6 is 22.9 Å². The van der Waals surface area contributed by atoms with Gasteiger partial charge >= 0.3 is 0 Å². The van der Waals surface area contributed by atoms with Gasteiger partial charge in [-0.2, -0.15) is 9.40 Å². The highest BCUT2D eigenvalue weighted by atomic mass is 35.5. The number of aryl methyl sites for hydroxylation is 2. The Hall–Kier alpha value is -2.54. The summed E-state index contributed by atoms with van der Waals surface area (Å²) in [5.41, 5.74) is 0.348. The third-order valence-corrected chi connectivity index (χ3v) is 8.78. The van der Waals surface area contributed by atoms with Crippen LogP contribution in [0.15, 0.2) is 29.3 Å². The number of piperazine rings is 1. The lowest BCUT2D eigenvalue weighted by molar-refractivity contribution is -0.384. The molecule has 0 aliphatic carbocycles. The molecule has 0 spiro atoms. The summed E-state index contributed by atoms with van der Waals surface area (Å²) in [6, 6.07) is 4.27. The van der Waals surface area contributed by atoms with Gasteiger partial charge in [-0.3, -0.25) is 19.6 Å². The van der Waals surface area contributed by atoms with Crippen molar-refractivity contribution in [1.82, 2.24) is 19.0 Å². The molecular formula is C18H18ClN5O5S2. The molecule has 13 heteroatoms. The van der Waals surface area contributed by atoms with Gasteiger partial charge in [0.1, 0.15) is 9.77 Å². The van der Waals surface area contributed by atoms with Crippen molar-refractivity contribution in [2.24, 2.45) is 7.05 Å². The minimum atomic E-state index is -3.70. The zero-order valence-electron chi connectivity index (χ0n) is 16.6. The topological polar surface area (TPSA) is 119 Å². The van der Waals surface area contributed by atoms with Crippen LogP contribution in [0.3, 0.4) is 0 Å². The number of nitrogens with zero attached hydrogens (tertiary/aromatic N) is 5. The van der Waals surface area contributed by atoms with Gasteiger partial charge in [0.05, 0.1) is 15.6 Å². The van der Waals surface area contributed by atoms with E-state index in [4.69, 9.17) is 11.6 Å². The van der Waals surface area contributed by atoms with Crippen molar-refractivity contribution < 1.29 is 18.1 Å². The molecule has 0 radical (unpaired) electrons. The first-order chi connectivity index (χ1) is 14.6. The van der Waals surface area contributed by atoms with E-state index in [1.54, 1.807) is 18.9 Å². The molecule has 1 aliphatic rings. The second-order valence-corrected chi connectivity index (χ2v) is 10.5. The molecule has 31 heavy (non-hydrogen) atoms. The van der Waals surface area contributed by atoms with E-state index in [0.29, 0.717) is 15.8 Å². The maximum Gasteiger partial charge on any atom is 0.270 e. The zero-order valence-corrected chi connectivity index (χ0v) is 19.0. The van der Waals surface area contributed by atoms with E-state index in [1.807, 2.05) is 0 Å². The van der Waals surface area contributed by atoms with Gasteiger partial charge in [-0.25, -0.2) is 8.42 Å². The normalized spacial score (nSPS) is 15.5. The molecule has 1 amide bonds. The maximum absolute atomic E-state index is 13.0. The van der Waals surface area contributed by atoms with Crippen molar-refractivity contribution in [3.05, 3.63) is 50.1 Å². The summed E-state index contributed by atoms with van der Waals surface area (Å²) in [7, 11) is -2.04. The average Bonchev–Trinajstić information content (AvgIpc) is 3.26. The Bertz CT molecular complexity index is 1310. The molecule has 4 rings (SSSR count). The fourth-order valence-electron chi connectivity index (χ4n) is 3.55. The Balaban J connectivity index is 1.53. The summed E-state index contributed by atoms with van der Waals surface area (Å²) >= 11 is 7.48. The molecule has 1 aliphatic heterocycles. The van der Waals surface area contributed by atoms with Crippen LogP contribution < -0.4 is 0 Å². The molecule has 1 fully saturated rings. The summed E-state index contributed by atoms with van der Waals surface area (Å²) < 4.78 is 29.2. The van der Waals surface area contributed by atoms with Crippen molar-refractivity contribution in [3.63, 3.8) is 0 Å². The molecule has 3 aromatic rings. The number of non-ortho nitro benzene ring substituents is 1. The van der Waals surface area contributed by atoms with Gasteiger partial charge in [0.2, 0.25) is 10.0 Å². The fraction of sp³-hybridized carbons (Fsp3) is 0.333. The molecule has 0 N–H and O–H groups in total. The molecule has 0 unspecified atom stereocenters. The number of sulfonamides is 1. The molecule has 164 valence electrons. The van der Waals surface area contributed by atoms with Gasteiger partial charge in [0, 0.05) is 61.6 Å². The van der Waals surface area contributed by atoms with Gasteiger partial charge in [-0.05, 0) is 13.0 Å². The molecule has 0 atom stereocenters. The number of thiophene rings is 1. The summed E-state index contributed by atoms with van der Waals surface area (Å²) in [4.78, 5) is 25.5. The Morgan fingerprint density at radius 2 is 1.94 bits per heavy atom. The summed E-state index contributed by atoms with van der Waals surface area (Å²) in [6.07, 6.45) is 1.47. The van der Waals surface area contributed by atoms with Crippen LogP contribution in [0.4, 0.5) is 5.69 Å². The number of carbonyl (C=O) groups is 1. The second kappa shape index (κ2) is 7.86. The van der Waals surface area contributed by atoms with E-state index in [-0.39, 0.29) is 52.6 Å². The van der Waals surface area contributed by atoms with Gasteiger partial charge in [0.15, 0.2) is 0 Å². The van der Waals surface area contributed by atoms with Crippen molar-refractivity contribution in [1.29, 1.82) is 0 Å². The van der Waals surface area contributed by atoms with E-state index in [9.17, 15) is 23.3 Å². The van der Waals surface area contributed by atoms with Gasteiger partial charge in [-0.1, -0.05) is 11.6 Å². The third-order valence-electron chi connectivity index (χ3n) is 5.13. The highest BCUT2D eigenvalue weighted by Crippen LogP contribution is 2.38. The minimum absolute atomic E-state index is 0.0751. The molecule has 2 aromatic heterocycles. The van der Waals surface area contributed by atoms with E-state index >= 15 is 0 Å². The van der Waals surface area contributed by atoms with Crippen LogP contribution in [0.2, 0.25) is 5.02 Å². The van der Waals surface area contributed by atoms with E-state index in [0.717, 1.165) is 11.3 Å². The summed E-state index contributed by atoms with van der Waals surface area (Å²) in [5, 5.41) is 15.9. The monoisotopic (exact) mass is 483 g/mol. The molecule has 0 bridgehead atoms. The summed E-state index contributed by atoms with van der Waals surface area (Å²) in [5.74, 6) is -0.316. The zero-order chi connectivity index (χ0) is 22.5. The SMILES string of the molecule is Cc1nn(C)cc1S(=O)(=O)N1CCN(C(=O)c2sc3cc([N+](=O)[O-])ccc3c2Cl)CC1. The van der Waals surface area contributed by atoms with Gasteiger partial charge in [-0.15, -0.1) is 11.3 Å². The molecule has 1 saturated heterocycles. The van der Waals surface area contributed by atoms with Crippen molar-refractivity contribution >= 4 is 54.6 Å². The van der Waals surface area contributed by atoms with Crippen molar-refractivity contribution in [3.8, 4) is 0 Å². The molecule has 0 saturated carbocycles. The van der Waals surface area contributed by atoms with E-state index in [1.165, 1.54) is 33.4 Å². The molecule has 1 aromatic carbocycles. The number of nitro groups is 1. The predicted molar refractivity (Wildman–Crippen MR) is 116 cm³/mol. The Morgan fingerprint density at radius 3 is 2.52 bits per heavy atom. The smallest absolute Gasteiger partial charge is 0.270 e. The molecular weight excluding hydrogens is 466 g/mol. The quantitative estimate of drug-likeness (QED) is 0.415. The number of hydrogen-bond acceptors (Lipinski definition) is 7. The number of benzene rings is 1. The average molecular weight is 484 g/mol. The van der Waals surface area contributed by atoms with Crippen LogP contribution in [0.1, 0.15) is 15.4 Å². The number of amides is 1. The Labute approximate surface area is 186 Å². The first kappa shape index (κ1) is 21.7. The number of hydrogen-bond donors (Lipinski definition) is 0. The van der Waals surface area contributed by atoms with Crippen LogP contribution in [0.5, 0.6) is 0 Å². The first-order valence-corrected chi connectivity index (χ1v) is 11.9. The lowest BCUT2D eigenvalue weighted by Crippen LogP contribution is -2.50. The predicted octanol–water partition coefficient (Wildman–Crippen LogP) is 2.65. The largest absolute Gasteiger partial charge is 0.335 e. The number of carbonyl (C=O) groups excluding carboxylic acids is 1. The van der Waals surface area contributed by atoms with Gasteiger partial charge < -0.3 is 4.90 Å². The number of nitro benzene ring substituents is 1. The van der Waals surface area contributed by atoms with E-state index < -0.39 is 14.9 Å². The lowest BCUT2D eigenvalue weighted by atomic mass is 10.2. The number of fused-ring (bicyclic) bond motifs is 1. The number of halogens is 1. The Kier molecular flexibility index (Phi) is 5.50. The highest BCUT2D eigenvalue weighted by molar-refractivity contribution is 7.89. The van der Waals surface area contributed by atoms with Crippen LogP contribution in [-0.2, 0) is 17.1 Å². The van der Waals surface area contributed by atoms with Crippen LogP contribution in [-0.4, -0.2) is 64.4 Å². The van der Waals surface area contributed by atoms with Crippen LogP contribution in [0, 0.1) is 17.0 Å². The van der Waals surface area contributed by atoms with Crippen molar-refractivity contribution in [2.75, 3.05) is 26.2 Å². The Morgan fingerprint density at radius 1 is 1.26 bits per heavy atom. The standard InChI is InChI=1S/C18H18ClN5O5S2/c1-11-15(10-21(2)20-11)31(28,29)23-7-5-22(6-8-23)18(25)17-16(19)13-4-3-12(24(26)27)9-14(13)30-17/h3-4,9-10H,5-8H2,1-2H3. The van der Waals surface area contributed by atoms with Gasteiger partial charge in [0.25, 0.3) is 11.6 Å².